The van der Waals surface area contributed by atoms with Gasteiger partial charge in [-0.05, 0) is 58.0 Å². The van der Waals surface area contributed by atoms with E-state index in [2.05, 4.69) is 4.90 Å². The molecule has 2 heterocycles. The molecule has 4 aliphatic rings. The number of benzene rings is 1. The minimum absolute atomic E-state index is 0.122. The Balaban J connectivity index is 1.42. The van der Waals surface area contributed by atoms with Gasteiger partial charge in [-0.3, -0.25) is 14.4 Å². The molecule has 12 heteroatoms. The number of carbonyl (C=O) groups excluding carboxylic acids is 4. The summed E-state index contributed by atoms with van der Waals surface area (Å²) in [6, 6.07) is 3.34. The van der Waals surface area contributed by atoms with Crippen LogP contribution >= 0.6 is 0 Å². The number of rotatable bonds is 8. The summed E-state index contributed by atoms with van der Waals surface area (Å²) in [6.45, 7) is 4.07. The van der Waals surface area contributed by atoms with Crippen molar-refractivity contribution in [3.8, 4) is 5.75 Å². The zero-order valence-corrected chi connectivity index (χ0v) is 22.5. The Morgan fingerprint density at radius 1 is 1.18 bits per heavy atom. The molecule has 0 amide bonds. The summed E-state index contributed by atoms with van der Waals surface area (Å²) in [5.74, 6) is -5.40. The SMILES string of the molecule is CC(=O)O[C@@H](C(=O)O[C@@H](C)C(=O)OC1=CC[C@@]2(O)[C@H]3Cc4ccc(C=O)c5c4[C@@]2(CCN3C)[C@H]1O5)[C@@H](C)C(=O)O. The van der Waals surface area contributed by atoms with E-state index in [4.69, 9.17) is 18.9 Å². The number of aldehydes is 1. The normalized spacial score (nSPS) is 30.0. The molecule has 0 unspecified atom stereocenters. The number of nitrogens with zero attached hydrogens (tertiary/aromatic N) is 1. The molecule has 1 saturated heterocycles. The lowest BCUT2D eigenvalue weighted by atomic mass is 9.50. The van der Waals surface area contributed by atoms with E-state index >= 15 is 0 Å². The van der Waals surface area contributed by atoms with E-state index in [-0.39, 0.29) is 18.2 Å². The predicted octanol–water partition coefficient (Wildman–Crippen LogP) is 0.904. The van der Waals surface area contributed by atoms with Crippen LogP contribution < -0.4 is 4.74 Å². The molecule has 0 aromatic heterocycles. The number of likely N-dealkylation sites (tertiary alicyclic amines) is 1. The van der Waals surface area contributed by atoms with Crippen LogP contribution in [-0.4, -0.2) is 88.8 Å². The van der Waals surface area contributed by atoms with Crippen molar-refractivity contribution in [2.75, 3.05) is 13.6 Å². The number of piperidine rings is 1. The van der Waals surface area contributed by atoms with Gasteiger partial charge in [0.25, 0.3) is 0 Å². The summed E-state index contributed by atoms with van der Waals surface area (Å²) < 4.78 is 22.0. The molecular weight excluding hydrogens is 526 g/mol. The number of aliphatic carboxylic acids is 1. The molecule has 2 bridgehead atoms. The minimum Gasteiger partial charge on any atom is -0.481 e. The van der Waals surface area contributed by atoms with E-state index in [0.29, 0.717) is 37.0 Å². The Morgan fingerprint density at radius 2 is 1.90 bits per heavy atom. The number of aliphatic hydroxyl groups is 1. The summed E-state index contributed by atoms with van der Waals surface area (Å²) in [7, 11) is 1.95. The van der Waals surface area contributed by atoms with Crippen LogP contribution in [0.25, 0.3) is 0 Å². The Labute approximate surface area is 229 Å². The zero-order valence-electron chi connectivity index (χ0n) is 22.5. The van der Waals surface area contributed by atoms with Crippen LogP contribution in [0, 0.1) is 5.92 Å². The highest BCUT2D eigenvalue weighted by Crippen LogP contribution is 2.64. The standard InChI is InChI=1S/C28H31NO11/c1-13(24(32)33)21(38-15(3)31)26(35)37-14(2)25(34)39-18-7-8-28(36)19-11-16-5-6-17(12-30)22-20(16)27(28,23(18)40-22)9-10-29(19)4/h5-7,12-14,19,21,23,36H,8-11H2,1-4H3,(H,32,33)/t13-,14+,19-,21-,23+,27+,28-/m1/s1. The first kappa shape index (κ1) is 27.8. The number of carboxylic acids is 1. The fraction of sp³-hybridized carbons (Fsp3) is 0.536. The zero-order chi connectivity index (χ0) is 29.1. The van der Waals surface area contributed by atoms with E-state index in [1.165, 1.54) is 13.8 Å². The van der Waals surface area contributed by atoms with Crippen molar-refractivity contribution in [2.24, 2.45) is 5.92 Å². The lowest BCUT2D eigenvalue weighted by Crippen LogP contribution is -2.74. The molecule has 0 saturated carbocycles. The lowest BCUT2D eigenvalue weighted by molar-refractivity contribution is -0.184. The number of ether oxygens (including phenoxy) is 4. The Kier molecular flexibility index (Phi) is 6.74. The second kappa shape index (κ2) is 9.70. The average molecular weight is 558 g/mol. The third kappa shape index (κ3) is 3.92. The second-order valence-corrected chi connectivity index (χ2v) is 10.9. The molecule has 1 aromatic carbocycles. The molecule has 1 aromatic rings. The fourth-order valence-corrected chi connectivity index (χ4v) is 6.72. The van der Waals surface area contributed by atoms with Gasteiger partial charge in [-0.15, -0.1) is 0 Å². The molecule has 5 rings (SSSR count). The van der Waals surface area contributed by atoms with Crippen molar-refractivity contribution in [2.45, 2.75) is 75.4 Å². The number of likely N-dealkylation sites (N-methyl/N-ethyl adjacent to an activating group) is 1. The molecule has 2 aliphatic heterocycles. The van der Waals surface area contributed by atoms with Gasteiger partial charge in [0.15, 0.2) is 18.5 Å². The van der Waals surface area contributed by atoms with Crippen LogP contribution in [-0.2, 0) is 45.2 Å². The van der Waals surface area contributed by atoms with Crippen molar-refractivity contribution in [1.82, 2.24) is 4.90 Å². The van der Waals surface area contributed by atoms with Crippen LogP contribution in [0.15, 0.2) is 24.0 Å². The van der Waals surface area contributed by atoms with E-state index in [1.807, 2.05) is 13.1 Å². The number of carboxylic acid groups (broad SMARTS) is 1. The Bertz CT molecular complexity index is 1340. The van der Waals surface area contributed by atoms with Crippen molar-refractivity contribution in [3.63, 3.8) is 0 Å². The van der Waals surface area contributed by atoms with Gasteiger partial charge in [0.2, 0.25) is 6.10 Å². The van der Waals surface area contributed by atoms with Gasteiger partial charge in [-0.1, -0.05) is 6.07 Å². The maximum absolute atomic E-state index is 13.1. The number of esters is 3. The van der Waals surface area contributed by atoms with Crippen molar-refractivity contribution < 1.29 is 53.1 Å². The number of hydrogen-bond donors (Lipinski definition) is 2. The molecule has 1 spiro atoms. The summed E-state index contributed by atoms with van der Waals surface area (Å²) in [5, 5.41) is 21.5. The second-order valence-electron chi connectivity index (χ2n) is 10.9. The average Bonchev–Trinajstić information content (AvgIpc) is 3.26. The molecular formula is C28H31NO11. The van der Waals surface area contributed by atoms with Gasteiger partial charge in [-0.25, -0.2) is 9.59 Å². The van der Waals surface area contributed by atoms with E-state index < -0.39 is 59.1 Å². The fourth-order valence-electron chi connectivity index (χ4n) is 6.72. The van der Waals surface area contributed by atoms with Crippen LogP contribution in [0.4, 0.5) is 0 Å². The van der Waals surface area contributed by atoms with Crippen LogP contribution in [0.2, 0.25) is 0 Å². The summed E-state index contributed by atoms with van der Waals surface area (Å²) in [5.41, 5.74) is -0.152. The molecule has 0 radical (unpaired) electrons. The van der Waals surface area contributed by atoms with Gasteiger partial charge in [-0.2, -0.15) is 0 Å². The van der Waals surface area contributed by atoms with E-state index in [1.54, 1.807) is 12.1 Å². The molecule has 7 atom stereocenters. The van der Waals surface area contributed by atoms with Crippen molar-refractivity contribution in [1.29, 1.82) is 0 Å². The van der Waals surface area contributed by atoms with Gasteiger partial charge < -0.3 is 34.1 Å². The molecule has 2 N–H and O–H groups in total. The monoisotopic (exact) mass is 557 g/mol. The first-order chi connectivity index (χ1) is 18.9. The topological polar surface area (TPSA) is 166 Å². The third-order valence-corrected chi connectivity index (χ3v) is 8.74. The molecule has 214 valence electrons. The molecule has 2 aliphatic carbocycles. The highest BCUT2D eigenvalue weighted by Gasteiger charge is 2.72. The smallest absolute Gasteiger partial charge is 0.352 e. The lowest BCUT2D eigenvalue weighted by Gasteiger charge is -2.61. The summed E-state index contributed by atoms with van der Waals surface area (Å²) in [6.07, 6.45) is -0.670. The minimum atomic E-state index is -1.76. The number of carbonyl (C=O) groups is 5. The highest BCUT2D eigenvalue weighted by atomic mass is 16.6. The van der Waals surface area contributed by atoms with Gasteiger partial charge in [0, 0.05) is 24.9 Å². The summed E-state index contributed by atoms with van der Waals surface area (Å²) in [4.78, 5) is 62.6. The summed E-state index contributed by atoms with van der Waals surface area (Å²) >= 11 is 0. The predicted molar refractivity (Wildman–Crippen MR) is 134 cm³/mol. The maximum Gasteiger partial charge on any atom is 0.352 e. The Morgan fingerprint density at radius 3 is 2.55 bits per heavy atom. The van der Waals surface area contributed by atoms with Crippen LogP contribution in [0.1, 0.15) is 55.1 Å². The molecule has 40 heavy (non-hydrogen) atoms. The largest absolute Gasteiger partial charge is 0.481 e. The first-order valence-corrected chi connectivity index (χ1v) is 13.1. The maximum atomic E-state index is 13.1. The van der Waals surface area contributed by atoms with Crippen LogP contribution in [0.5, 0.6) is 5.75 Å². The Hall–Kier alpha value is -3.77. The number of hydrogen-bond acceptors (Lipinski definition) is 11. The van der Waals surface area contributed by atoms with Crippen LogP contribution in [0.3, 0.4) is 0 Å². The quantitative estimate of drug-likeness (QED) is 0.264. The third-order valence-electron chi connectivity index (χ3n) is 8.74. The first-order valence-electron chi connectivity index (χ1n) is 13.1. The van der Waals surface area contributed by atoms with Crippen molar-refractivity contribution >= 4 is 30.2 Å². The molecule has 1 fully saturated rings. The van der Waals surface area contributed by atoms with Gasteiger partial charge in [0.05, 0.1) is 16.6 Å². The van der Waals surface area contributed by atoms with E-state index in [0.717, 1.165) is 18.1 Å². The molecule has 12 nitrogen and oxygen atoms in total. The van der Waals surface area contributed by atoms with E-state index in [9.17, 15) is 34.2 Å². The van der Waals surface area contributed by atoms with Gasteiger partial charge >= 0.3 is 23.9 Å². The highest BCUT2D eigenvalue weighted by molar-refractivity contribution is 5.87. The van der Waals surface area contributed by atoms with Gasteiger partial charge in [0.1, 0.15) is 17.4 Å². The van der Waals surface area contributed by atoms with Crippen molar-refractivity contribution in [3.05, 3.63) is 40.7 Å².